The lowest BCUT2D eigenvalue weighted by molar-refractivity contribution is 0.168. The standard InChI is InChI=1S/C14H24N2S/c1-10(2)7-15-8-13-5-4-12(13)6-14-9-17-11(3)16-14/h9-10,12-13,15H,4-8H2,1-3H3. The fourth-order valence-electron chi connectivity index (χ4n) is 2.50. The molecule has 1 saturated carbocycles. The van der Waals surface area contributed by atoms with E-state index in [1.54, 1.807) is 11.3 Å². The van der Waals surface area contributed by atoms with Crippen LogP contribution in [-0.2, 0) is 6.42 Å². The molecule has 0 saturated heterocycles. The lowest BCUT2D eigenvalue weighted by Gasteiger charge is -2.36. The summed E-state index contributed by atoms with van der Waals surface area (Å²) in [6.07, 6.45) is 3.99. The zero-order valence-electron chi connectivity index (χ0n) is 11.2. The molecule has 96 valence electrons. The van der Waals surface area contributed by atoms with E-state index < -0.39 is 0 Å². The van der Waals surface area contributed by atoms with Gasteiger partial charge in [-0.2, -0.15) is 0 Å². The Hall–Kier alpha value is -0.410. The Labute approximate surface area is 109 Å². The minimum absolute atomic E-state index is 0.759. The van der Waals surface area contributed by atoms with Crippen molar-refractivity contribution in [2.75, 3.05) is 13.1 Å². The molecular weight excluding hydrogens is 228 g/mol. The van der Waals surface area contributed by atoms with Crippen molar-refractivity contribution in [3.8, 4) is 0 Å². The molecule has 1 fully saturated rings. The molecule has 0 aromatic carbocycles. The molecule has 1 N–H and O–H groups in total. The molecule has 0 radical (unpaired) electrons. The van der Waals surface area contributed by atoms with Crippen molar-refractivity contribution in [1.82, 2.24) is 10.3 Å². The Morgan fingerprint density at radius 3 is 2.71 bits per heavy atom. The van der Waals surface area contributed by atoms with Crippen molar-refractivity contribution < 1.29 is 0 Å². The molecule has 2 rings (SSSR count). The Morgan fingerprint density at radius 2 is 2.18 bits per heavy atom. The van der Waals surface area contributed by atoms with Gasteiger partial charge in [-0.05, 0) is 57.0 Å². The topological polar surface area (TPSA) is 24.9 Å². The second-order valence-electron chi connectivity index (χ2n) is 5.71. The number of aromatic nitrogens is 1. The van der Waals surface area contributed by atoms with Crippen molar-refractivity contribution in [3.05, 3.63) is 16.1 Å². The van der Waals surface area contributed by atoms with Gasteiger partial charge in [-0.1, -0.05) is 13.8 Å². The molecule has 0 spiro atoms. The fourth-order valence-corrected chi connectivity index (χ4v) is 3.13. The van der Waals surface area contributed by atoms with Crippen molar-refractivity contribution in [2.45, 2.75) is 40.0 Å². The molecule has 1 aliphatic carbocycles. The summed E-state index contributed by atoms with van der Waals surface area (Å²) in [6, 6.07) is 0. The first-order chi connectivity index (χ1) is 8.15. The lowest BCUT2D eigenvalue weighted by Crippen LogP contribution is -2.37. The molecule has 3 heteroatoms. The van der Waals surface area contributed by atoms with Gasteiger partial charge >= 0.3 is 0 Å². The Morgan fingerprint density at radius 1 is 1.41 bits per heavy atom. The highest BCUT2D eigenvalue weighted by Gasteiger charge is 2.30. The molecular formula is C14H24N2S. The Kier molecular flexibility index (Phi) is 4.57. The van der Waals surface area contributed by atoms with Gasteiger partial charge in [0.05, 0.1) is 10.7 Å². The molecule has 2 unspecified atom stereocenters. The van der Waals surface area contributed by atoms with Crippen molar-refractivity contribution in [3.63, 3.8) is 0 Å². The van der Waals surface area contributed by atoms with Gasteiger partial charge in [0, 0.05) is 5.38 Å². The number of aryl methyl sites for hydroxylation is 1. The fraction of sp³-hybridized carbons (Fsp3) is 0.786. The molecule has 1 heterocycles. The van der Waals surface area contributed by atoms with E-state index >= 15 is 0 Å². The van der Waals surface area contributed by atoms with Crippen LogP contribution in [0.15, 0.2) is 5.38 Å². The lowest BCUT2D eigenvalue weighted by atomic mass is 9.71. The summed E-state index contributed by atoms with van der Waals surface area (Å²) in [7, 11) is 0. The van der Waals surface area contributed by atoms with E-state index in [1.165, 1.54) is 36.5 Å². The molecule has 2 nitrogen and oxygen atoms in total. The van der Waals surface area contributed by atoms with Crippen molar-refractivity contribution >= 4 is 11.3 Å². The highest BCUT2D eigenvalue weighted by Crippen LogP contribution is 2.36. The van der Waals surface area contributed by atoms with Gasteiger partial charge in [0.2, 0.25) is 0 Å². The van der Waals surface area contributed by atoms with Crippen LogP contribution in [0.1, 0.15) is 37.4 Å². The number of hydrogen-bond acceptors (Lipinski definition) is 3. The number of hydrogen-bond donors (Lipinski definition) is 1. The van der Waals surface area contributed by atoms with Gasteiger partial charge in [0.25, 0.3) is 0 Å². The first-order valence-corrected chi connectivity index (χ1v) is 7.65. The van der Waals surface area contributed by atoms with Crippen LogP contribution in [0.2, 0.25) is 0 Å². The van der Waals surface area contributed by atoms with E-state index in [-0.39, 0.29) is 0 Å². The molecule has 0 bridgehead atoms. The average molecular weight is 252 g/mol. The van der Waals surface area contributed by atoms with Crippen LogP contribution in [-0.4, -0.2) is 18.1 Å². The highest BCUT2D eigenvalue weighted by atomic mass is 32.1. The van der Waals surface area contributed by atoms with Gasteiger partial charge in [-0.15, -0.1) is 11.3 Å². The number of nitrogens with zero attached hydrogens (tertiary/aromatic N) is 1. The average Bonchev–Trinajstić information content (AvgIpc) is 2.65. The monoisotopic (exact) mass is 252 g/mol. The summed E-state index contributed by atoms with van der Waals surface area (Å²) >= 11 is 1.78. The first kappa shape index (κ1) is 13.0. The maximum absolute atomic E-state index is 4.57. The normalized spacial score (nSPS) is 24.0. The Bertz CT molecular complexity index is 346. The van der Waals surface area contributed by atoms with Crippen LogP contribution >= 0.6 is 11.3 Å². The number of thiazole rings is 1. The third kappa shape index (κ3) is 3.78. The Balaban J connectivity index is 1.71. The van der Waals surface area contributed by atoms with E-state index in [0.717, 1.165) is 24.3 Å². The summed E-state index contributed by atoms with van der Waals surface area (Å²) in [5.74, 6) is 2.52. The van der Waals surface area contributed by atoms with Gasteiger partial charge in [0.15, 0.2) is 0 Å². The van der Waals surface area contributed by atoms with Crippen molar-refractivity contribution in [1.29, 1.82) is 0 Å². The van der Waals surface area contributed by atoms with E-state index in [0.29, 0.717) is 0 Å². The molecule has 0 amide bonds. The van der Waals surface area contributed by atoms with Crippen LogP contribution in [0.25, 0.3) is 0 Å². The second-order valence-corrected chi connectivity index (χ2v) is 6.77. The summed E-state index contributed by atoms with van der Waals surface area (Å²) in [5.41, 5.74) is 1.31. The van der Waals surface area contributed by atoms with E-state index in [9.17, 15) is 0 Å². The zero-order valence-corrected chi connectivity index (χ0v) is 12.0. The summed E-state index contributed by atoms with van der Waals surface area (Å²) in [4.78, 5) is 4.57. The van der Waals surface area contributed by atoms with Crippen LogP contribution in [0.5, 0.6) is 0 Å². The summed E-state index contributed by atoms with van der Waals surface area (Å²) in [6.45, 7) is 8.98. The smallest absolute Gasteiger partial charge is 0.0897 e. The third-order valence-electron chi connectivity index (χ3n) is 3.67. The summed E-state index contributed by atoms with van der Waals surface area (Å²) < 4.78 is 0. The highest BCUT2D eigenvalue weighted by molar-refractivity contribution is 7.09. The minimum atomic E-state index is 0.759. The van der Waals surface area contributed by atoms with Gasteiger partial charge in [0.1, 0.15) is 0 Å². The largest absolute Gasteiger partial charge is 0.316 e. The first-order valence-electron chi connectivity index (χ1n) is 6.77. The number of rotatable bonds is 6. The van der Waals surface area contributed by atoms with Crippen molar-refractivity contribution in [2.24, 2.45) is 17.8 Å². The second kappa shape index (κ2) is 5.96. The molecule has 1 aromatic rings. The van der Waals surface area contributed by atoms with E-state index in [4.69, 9.17) is 0 Å². The van der Waals surface area contributed by atoms with Gasteiger partial charge in [-0.25, -0.2) is 4.98 Å². The van der Waals surface area contributed by atoms with E-state index in [1.807, 2.05) is 0 Å². The molecule has 2 atom stereocenters. The predicted molar refractivity (Wildman–Crippen MR) is 74.5 cm³/mol. The predicted octanol–water partition coefficient (Wildman–Crippen LogP) is 3.27. The van der Waals surface area contributed by atoms with Crippen LogP contribution < -0.4 is 5.32 Å². The quantitative estimate of drug-likeness (QED) is 0.840. The van der Waals surface area contributed by atoms with Crippen LogP contribution in [0.4, 0.5) is 0 Å². The molecule has 1 aromatic heterocycles. The van der Waals surface area contributed by atoms with Crippen LogP contribution in [0.3, 0.4) is 0 Å². The van der Waals surface area contributed by atoms with Gasteiger partial charge < -0.3 is 5.32 Å². The SMILES string of the molecule is Cc1nc(CC2CCC2CNCC(C)C)cs1. The summed E-state index contributed by atoms with van der Waals surface area (Å²) in [5, 5.41) is 7.02. The minimum Gasteiger partial charge on any atom is -0.316 e. The maximum atomic E-state index is 4.57. The molecule has 0 aliphatic heterocycles. The molecule has 1 aliphatic rings. The maximum Gasteiger partial charge on any atom is 0.0897 e. The zero-order chi connectivity index (χ0) is 12.3. The number of nitrogens with one attached hydrogen (secondary N) is 1. The molecule has 17 heavy (non-hydrogen) atoms. The third-order valence-corrected chi connectivity index (χ3v) is 4.49. The van der Waals surface area contributed by atoms with E-state index in [2.05, 4.69) is 36.5 Å². The van der Waals surface area contributed by atoms with Crippen LogP contribution in [0, 0.1) is 24.7 Å². The van der Waals surface area contributed by atoms with Gasteiger partial charge in [-0.3, -0.25) is 0 Å².